The number of rotatable bonds is 6. The summed E-state index contributed by atoms with van der Waals surface area (Å²) in [5, 5.41) is 0. The van der Waals surface area contributed by atoms with Crippen LogP contribution in [0.2, 0.25) is 0 Å². The minimum atomic E-state index is -0.331. The molecule has 2 aromatic rings. The first-order valence-electron chi connectivity index (χ1n) is 7.30. The molecule has 0 heterocycles. The van der Waals surface area contributed by atoms with E-state index >= 15 is 0 Å². The van der Waals surface area contributed by atoms with Crippen molar-refractivity contribution in [2.24, 2.45) is 0 Å². The van der Waals surface area contributed by atoms with Crippen LogP contribution in [0, 0.1) is 0 Å². The summed E-state index contributed by atoms with van der Waals surface area (Å²) in [5.41, 5.74) is 2.42. The third-order valence-corrected chi connectivity index (χ3v) is 3.28. The summed E-state index contributed by atoms with van der Waals surface area (Å²) in [4.78, 5) is 12.3. The van der Waals surface area contributed by atoms with E-state index in [9.17, 15) is 4.79 Å². The molecular formula is C19H20O3. The minimum Gasteiger partial charge on any atom is -0.496 e. The van der Waals surface area contributed by atoms with Gasteiger partial charge in [0.2, 0.25) is 0 Å². The first-order chi connectivity index (χ1) is 10.8. The predicted molar refractivity (Wildman–Crippen MR) is 87.8 cm³/mol. The van der Waals surface area contributed by atoms with Gasteiger partial charge in [0, 0.05) is 5.56 Å². The van der Waals surface area contributed by atoms with Crippen molar-refractivity contribution in [2.45, 2.75) is 13.3 Å². The molecule has 0 saturated carbocycles. The van der Waals surface area contributed by atoms with Crippen LogP contribution in [0.5, 0.6) is 5.75 Å². The van der Waals surface area contributed by atoms with E-state index in [1.807, 2.05) is 60.7 Å². The molecule has 0 fully saturated rings. The highest BCUT2D eigenvalue weighted by Gasteiger charge is 2.16. The Kier molecular flexibility index (Phi) is 5.78. The lowest BCUT2D eigenvalue weighted by molar-refractivity contribution is -0.136. The van der Waals surface area contributed by atoms with Gasteiger partial charge in [-0.2, -0.15) is 0 Å². The predicted octanol–water partition coefficient (Wildman–Crippen LogP) is 3.88. The Balaban J connectivity index is 2.36. The lowest BCUT2D eigenvalue weighted by Crippen LogP contribution is -2.08. The van der Waals surface area contributed by atoms with Crippen molar-refractivity contribution in [3.63, 3.8) is 0 Å². The largest absolute Gasteiger partial charge is 0.496 e. The van der Waals surface area contributed by atoms with Crippen molar-refractivity contribution < 1.29 is 14.3 Å². The Morgan fingerprint density at radius 1 is 1.05 bits per heavy atom. The average Bonchev–Trinajstić information content (AvgIpc) is 2.56. The first-order valence-corrected chi connectivity index (χ1v) is 7.30. The van der Waals surface area contributed by atoms with Crippen LogP contribution < -0.4 is 4.74 Å². The zero-order valence-electron chi connectivity index (χ0n) is 12.9. The molecule has 2 aromatic carbocycles. The SMILES string of the molecule is CCOC(=O)/C(=C\Cc1ccccc1)c1ccccc1OC. The number of hydrogen-bond acceptors (Lipinski definition) is 3. The van der Waals surface area contributed by atoms with Crippen LogP contribution in [0.15, 0.2) is 60.7 Å². The Bertz CT molecular complexity index is 645. The Morgan fingerprint density at radius 2 is 1.73 bits per heavy atom. The number of benzene rings is 2. The van der Waals surface area contributed by atoms with E-state index in [0.29, 0.717) is 24.4 Å². The Hall–Kier alpha value is -2.55. The van der Waals surface area contributed by atoms with Crippen LogP contribution in [0.1, 0.15) is 18.1 Å². The minimum absolute atomic E-state index is 0.331. The lowest BCUT2D eigenvalue weighted by Gasteiger charge is -2.11. The summed E-state index contributed by atoms with van der Waals surface area (Å²) in [6, 6.07) is 17.5. The van der Waals surface area contributed by atoms with Crippen molar-refractivity contribution in [3.8, 4) is 5.75 Å². The van der Waals surface area contributed by atoms with Gasteiger partial charge in [0.05, 0.1) is 19.3 Å². The maximum Gasteiger partial charge on any atom is 0.338 e. The molecule has 0 aliphatic rings. The zero-order chi connectivity index (χ0) is 15.8. The topological polar surface area (TPSA) is 35.5 Å². The normalized spacial score (nSPS) is 11.1. The van der Waals surface area contributed by atoms with Gasteiger partial charge in [-0.25, -0.2) is 4.79 Å². The molecule has 0 atom stereocenters. The molecular weight excluding hydrogens is 276 g/mol. The van der Waals surface area contributed by atoms with Gasteiger partial charge in [0.1, 0.15) is 5.75 Å². The smallest absolute Gasteiger partial charge is 0.338 e. The van der Waals surface area contributed by atoms with E-state index in [1.165, 1.54) is 0 Å². The highest BCUT2D eigenvalue weighted by Crippen LogP contribution is 2.27. The number of allylic oxidation sites excluding steroid dienone is 1. The van der Waals surface area contributed by atoms with Crippen molar-refractivity contribution in [1.29, 1.82) is 0 Å². The van der Waals surface area contributed by atoms with Gasteiger partial charge in [-0.1, -0.05) is 54.6 Å². The van der Waals surface area contributed by atoms with Crippen molar-refractivity contribution in [2.75, 3.05) is 13.7 Å². The maximum absolute atomic E-state index is 12.3. The van der Waals surface area contributed by atoms with Gasteiger partial charge in [-0.3, -0.25) is 0 Å². The van der Waals surface area contributed by atoms with Crippen LogP contribution in [-0.4, -0.2) is 19.7 Å². The van der Waals surface area contributed by atoms with E-state index in [2.05, 4.69) is 0 Å². The molecule has 2 rings (SSSR count). The fraction of sp³-hybridized carbons (Fsp3) is 0.211. The number of ether oxygens (including phenoxy) is 2. The van der Waals surface area contributed by atoms with Crippen LogP contribution in [0.25, 0.3) is 5.57 Å². The number of carbonyl (C=O) groups excluding carboxylic acids is 1. The van der Waals surface area contributed by atoms with Crippen molar-refractivity contribution in [3.05, 3.63) is 71.8 Å². The molecule has 0 bridgehead atoms. The fourth-order valence-electron chi connectivity index (χ4n) is 2.21. The van der Waals surface area contributed by atoms with E-state index in [-0.39, 0.29) is 5.97 Å². The van der Waals surface area contributed by atoms with E-state index in [1.54, 1.807) is 14.0 Å². The number of methoxy groups -OCH3 is 1. The molecule has 0 radical (unpaired) electrons. The van der Waals surface area contributed by atoms with Gasteiger partial charge >= 0.3 is 5.97 Å². The lowest BCUT2D eigenvalue weighted by atomic mass is 10.0. The fourth-order valence-corrected chi connectivity index (χ4v) is 2.21. The molecule has 0 unspecified atom stereocenters. The number of para-hydroxylation sites is 1. The second-order valence-corrected chi connectivity index (χ2v) is 4.73. The summed E-state index contributed by atoms with van der Waals surface area (Å²) >= 11 is 0. The average molecular weight is 296 g/mol. The monoisotopic (exact) mass is 296 g/mol. The van der Waals surface area contributed by atoms with E-state index < -0.39 is 0 Å². The van der Waals surface area contributed by atoms with Gasteiger partial charge in [-0.05, 0) is 25.0 Å². The number of hydrogen-bond donors (Lipinski definition) is 0. The van der Waals surface area contributed by atoms with Gasteiger partial charge in [0.15, 0.2) is 0 Å². The first kappa shape index (κ1) is 15.8. The quantitative estimate of drug-likeness (QED) is 0.599. The summed E-state index contributed by atoms with van der Waals surface area (Å²) < 4.78 is 10.5. The van der Waals surface area contributed by atoms with Crippen LogP contribution in [0.4, 0.5) is 0 Å². The molecule has 0 N–H and O–H groups in total. The molecule has 0 amide bonds. The molecule has 3 nitrogen and oxygen atoms in total. The summed E-state index contributed by atoms with van der Waals surface area (Å²) in [6.45, 7) is 2.14. The molecule has 0 aliphatic heterocycles. The second kappa shape index (κ2) is 8.03. The van der Waals surface area contributed by atoms with Gasteiger partial charge in [0.25, 0.3) is 0 Å². The summed E-state index contributed by atoms with van der Waals surface area (Å²) in [7, 11) is 1.60. The number of esters is 1. The van der Waals surface area contributed by atoms with Gasteiger partial charge < -0.3 is 9.47 Å². The van der Waals surface area contributed by atoms with E-state index in [4.69, 9.17) is 9.47 Å². The molecule has 0 aliphatic carbocycles. The molecule has 0 aromatic heterocycles. The second-order valence-electron chi connectivity index (χ2n) is 4.73. The standard InChI is InChI=1S/C19H20O3/c1-3-22-19(20)17(14-13-15-9-5-4-6-10-15)16-11-7-8-12-18(16)21-2/h4-12,14H,3,13H2,1-2H3/b17-14-. The van der Waals surface area contributed by atoms with Crippen molar-refractivity contribution >= 4 is 11.5 Å². The van der Waals surface area contributed by atoms with Crippen molar-refractivity contribution in [1.82, 2.24) is 0 Å². The van der Waals surface area contributed by atoms with Gasteiger partial charge in [-0.15, -0.1) is 0 Å². The summed E-state index contributed by atoms with van der Waals surface area (Å²) in [6.07, 6.45) is 2.55. The summed E-state index contributed by atoms with van der Waals surface area (Å²) in [5.74, 6) is 0.331. The zero-order valence-corrected chi connectivity index (χ0v) is 12.9. The molecule has 0 spiro atoms. The maximum atomic E-state index is 12.3. The number of carbonyl (C=O) groups is 1. The molecule has 3 heteroatoms. The van der Waals surface area contributed by atoms with Crippen LogP contribution >= 0.6 is 0 Å². The van der Waals surface area contributed by atoms with Crippen LogP contribution in [0.3, 0.4) is 0 Å². The highest BCUT2D eigenvalue weighted by molar-refractivity contribution is 6.17. The molecule has 0 saturated heterocycles. The highest BCUT2D eigenvalue weighted by atomic mass is 16.5. The Labute approximate surface area is 131 Å². The Morgan fingerprint density at radius 3 is 2.41 bits per heavy atom. The molecule has 114 valence electrons. The van der Waals surface area contributed by atoms with Crippen LogP contribution in [-0.2, 0) is 16.0 Å². The third-order valence-electron chi connectivity index (χ3n) is 3.28. The molecule has 22 heavy (non-hydrogen) atoms. The van der Waals surface area contributed by atoms with E-state index in [0.717, 1.165) is 11.1 Å². The third kappa shape index (κ3) is 3.98.